The highest BCUT2D eigenvalue weighted by molar-refractivity contribution is 5.94. The molecule has 5 heteroatoms. The van der Waals surface area contributed by atoms with Gasteiger partial charge in [0.15, 0.2) is 0 Å². The third kappa shape index (κ3) is 6.40. The molecule has 0 aliphatic rings. The van der Waals surface area contributed by atoms with E-state index < -0.39 is 11.9 Å². The Kier molecular flexibility index (Phi) is 8.33. The lowest BCUT2D eigenvalue weighted by molar-refractivity contribution is -0.141. The minimum atomic E-state index is -0.895. The fourth-order valence-corrected chi connectivity index (χ4v) is 2.25. The highest BCUT2D eigenvalue weighted by Crippen LogP contribution is 2.11. The minimum Gasteiger partial charge on any atom is -0.481 e. The topological polar surface area (TPSA) is 66.8 Å². The summed E-state index contributed by atoms with van der Waals surface area (Å²) in [6.45, 7) is 7.50. The first-order chi connectivity index (χ1) is 11.0. The van der Waals surface area contributed by atoms with E-state index in [4.69, 9.17) is 9.84 Å². The van der Waals surface area contributed by atoms with Gasteiger partial charge in [0.2, 0.25) is 0 Å². The molecule has 1 aromatic carbocycles. The van der Waals surface area contributed by atoms with Crippen molar-refractivity contribution in [2.45, 2.75) is 33.6 Å². The molecule has 0 radical (unpaired) electrons. The second-order valence-corrected chi connectivity index (χ2v) is 5.59. The van der Waals surface area contributed by atoms with Crippen LogP contribution in [0.25, 0.3) is 0 Å². The summed E-state index contributed by atoms with van der Waals surface area (Å²) >= 11 is 0. The zero-order chi connectivity index (χ0) is 17.2. The molecule has 0 spiro atoms. The van der Waals surface area contributed by atoms with Crippen molar-refractivity contribution in [2.75, 3.05) is 26.3 Å². The van der Waals surface area contributed by atoms with Crippen LogP contribution in [0.2, 0.25) is 0 Å². The maximum atomic E-state index is 12.7. The number of benzene rings is 1. The van der Waals surface area contributed by atoms with E-state index in [0.717, 1.165) is 6.42 Å². The molecule has 1 rings (SSSR count). The van der Waals surface area contributed by atoms with Crippen LogP contribution in [-0.4, -0.2) is 48.2 Å². The molecule has 0 heterocycles. The van der Waals surface area contributed by atoms with Crippen LogP contribution in [0.3, 0.4) is 0 Å². The molecule has 0 fully saturated rings. The minimum absolute atomic E-state index is 0.128. The lowest BCUT2D eigenvalue weighted by Crippen LogP contribution is -2.38. The van der Waals surface area contributed by atoms with Crippen molar-refractivity contribution < 1.29 is 19.4 Å². The van der Waals surface area contributed by atoms with Crippen LogP contribution in [0.4, 0.5) is 0 Å². The van der Waals surface area contributed by atoms with Crippen LogP contribution in [0.5, 0.6) is 0 Å². The molecule has 128 valence electrons. The Hall–Kier alpha value is -1.88. The van der Waals surface area contributed by atoms with Gasteiger partial charge in [-0.15, -0.1) is 0 Å². The third-order valence-corrected chi connectivity index (χ3v) is 3.73. The molecule has 1 aromatic rings. The molecule has 23 heavy (non-hydrogen) atoms. The number of amides is 1. The molecular weight excluding hydrogens is 294 g/mol. The number of carbonyl (C=O) groups is 2. The molecule has 1 unspecified atom stereocenters. The van der Waals surface area contributed by atoms with Gasteiger partial charge >= 0.3 is 5.97 Å². The Labute approximate surface area is 138 Å². The van der Waals surface area contributed by atoms with Crippen molar-refractivity contribution in [3.8, 4) is 0 Å². The summed E-state index contributed by atoms with van der Waals surface area (Å²) in [5.74, 6) is -1.62. The van der Waals surface area contributed by atoms with Crippen molar-refractivity contribution in [2.24, 2.45) is 5.92 Å². The summed E-state index contributed by atoms with van der Waals surface area (Å²) < 4.78 is 5.30. The zero-order valence-corrected chi connectivity index (χ0v) is 14.2. The average Bonchev–Trinajstić information content (AvgIpc) is 2.56. The van der Waals surface area contributed by atoms with Gasteiger partial charge in [-0.25, -0.2) is 0 Å². The molecule has 1 amide bonds. The van der Waals surface area contributed by atoms with Crippen LogP contribution in [0, 0.1) is 5.92 Å². The molecule has 5 nitrogen and oxygen atoms in total. The van der Waals surface area contributed by atoms with E-state index in [9.17, 15) is 9.59 Å². The van der Waals surface area contributed by atoms with E-state index in [0.29, 0.717) is 31.7 Å². The zero-order valence-electron chi connectivity index (χ0n) is 14.2. The number of nitrogens with zero attached hydrogens (tertiary/aromatic N) is 1. The van der Waals surface area contributed by atoms with Gasteiger partial charge in [0, 0.05) is 31.9 Å². The quantitative estimate of drug-likeness (QED) is 0.673. The van der Waals surface area contributed by atoms with Crippen LogP contribution < -0.4 is 0 Å². The van der Waals surface area contributed by atoms with Crippen LogP contribution >= 0.6 is 0 Å². The predicted octanol–water partition coefficient (Wildman–Crippen LogP) is 2.84. The third-order valence-electron chi connectivity index (χ3n) is 3.73. The lowest BCUT2D eigenvalue weighted by atomic mass is 10.1. The van der Waals surface area contributed by atoms with Crippen molar-refractivity contribution in [1.29, 1.82) is 0 Å². The summed E-state index contributed by atoms with van der Waals surface area (Å²) in [6, 6.07) is 7.49. The standard InChI is InChI=1S/C18H27NO4/c1-4-15-7-9-16(10-8-15)17(20)19(11-6-12-23-5-2)13-14(3)18(21)22/h7-10,14H,4-6,11-13H2,1-3H3,(H,21,22). The maximum Gasteiger partial charge on any atom is 0.308 e. The largest absolute Gasteiger partial charge is 0.481 e. The van der Waals surface area contributed by atoms with Crippen molar-refractivity contribution >= 4 is 11.9 Å². The molecule has 1 atom stereocenters. The molecule has 1 N–H and O–H groups in total. The van der Waals surface area contributed by atoms with E-state index in [2.05, 4.69) is 6.92 Å². The van der Waals surface area contributed by atoms with Gasteiger partial charge < -0.3 is 14.7 Å². The van der Waals surface area contributed by atoms with Crippen molar-refractivity contribution in [3.05, 3.63) is 35.4 Å². The molecule has 0 aliphatic carbocycles. The number of hydrogen-bond donors (Lipinski definition) is 1. The SMILES string of the molecule is CCOCCCN(CC(C)C(=O)O)C(=O)c1ccc(CC)cc1. The maximum absolute atomic E-state index is 12.7. The Balaban J connectivity index is 2.78. The van der Waals surface area contributed by atoms with Crippen molar-refractivity contribution in [3.63, 3.8) is 0 Å². The summed E-state index contributed by atoms with van der Waals surface area (Å²) in [5.41, 5.74) is 1.76. The first kappa shape index (κ1) is 19.2. The summed E-state index contributed by atoms with van der Waals surface area (Å²) in [6.07, 6.45) is 1.61. The van der Waals surface area contributed by atoms with Gasteiger partial charge in [0.25, 0.3) is 5.91 Å². The van der Waals surface area contributed by atoms with E-state index >= 15 is 0 Å². The van der Waals surface area contributed by atoms with Gasteiger partial charge in [0.1, 0.15) is 0 Å². The summed E-state index contributed by atoms with van der Waals surface area (Å²) in [7, 11) is 0. The number of carboxylic acid groups (broad SMARTS) is 1. The highest BCUT2D eigenvalue weighted by atomic mass is 16.5. The first-order valence-electron chi connectivity index (χ1n) is 8.18. The molecule has 0 bridgehead atoms. The number of aryl methyl sites for hydroxylation is 1. The fourth-order valence-electron chi connectivity index (χ4n) is 2.25. The Morgan fingerprint density at radius 3 is 2.39 bits per heavy atom. The van der Waals surface area contributed by atoms with E-state index in [-0.39, 0.29) is 12.5 Å². The second-order valence-electron chi connectivity index (χ2n) is 5.59. The number of rotatable bonds is 10. The highest BCUT2D eigenvalue weighted by Gasteiger charge is 2.21. The second kappa shape index (κ2) is 10.0. The lowest BCUT2D eigenvalue weighted by Gasteiger charge is -2.24. The van der Waals surface area contributed by atoms with E-state index in [1.54, 1.807) is 11.8 Å². The monoisotopic (exact) mass is 321 g/mol. The fraction of sp³-hybridized carbons (Fsp3) is 0.556. The number of hydrogen-bond acceptors (Lipinski definition) is 3. The van der Waals surface area contributed by atoms with Gasteiger partial charge in [-0.3, -0.25) is 9.59 Å². The van der Waals surface area contributed by atoms with Crippen molar-refractivity contribution in [1.82, 2.24) is 4.90 Å². The Morgan fingerprint density at radius 2 is 1.87 bits per heavy atom. The summed E-state index contributed by atoms with van der Waals surface area (Å²) in [4.78, 5) is 25.4. The number of aliphatic carboxylic acids is 1. The first-order valence-corrected chi connectivity index (χ1v) is 8.18. The molecule has 0 saturated heterocycles. The molecule has 0 aliphatic heterocycles. The van der Waals surface area contributed by atoms with Crippen LogP contribution in [-0.2, 0) is 16.0 Å². The van der Waals surface area contributed by atoms with Crippen LogP contribution in [0.1, 0.15) is 43.1 Å². The average molecular weight is 321 g/mol. The molecular formula is C18H27NO4. The molecule has 0 saturated carbocycles. The van der Waals surface area contributed by atoms with Crippen LogP contribution in [0.15, 0.2) is 24.3 Å². The Morgan fingerprint density at radius 1 is 1.22 bits per heavy atom. The van der Waals surface area contributed by atoms with Gasteiger partial charge in [-0.2, -0.15) is 0 Å². The van der Waals surface area contributed by atoms with Gasteiger partial charge in [-0.05, 0) is 37.5 Å². The smallest absolute Gasteiger partial charge is 0.308 e. The van der Waals surface area contributed by atoms with E-state index in [1.165, 1.54) is 5.56 Å². The van der Waals surface area contributed by atoms with Gasteiger partial charge in [0.05, 0.1) is 5.92 Å². The normalized spacial score (nSPS) is 12.0. The number of ether oxygens (including phenoxy) is 1. The molecule has 0 aromatic heterocycles. The summed E-state index contributed by atoms with van der Waals surface area (Å²) in [5, 5.41) is 9.10. The number of carbonyl (C=O) groups excluding carboxylic acids is 1. The Bertz CT molecular complexity index is 498. The predicted molar refractivity (Wildman–Crippen MR) is 89.6 cm³/mol. The number of carboxylic acids is 1. The van der Waals surface area contributed by atoms with Gasteiger partial charge in [-0.1, -0.05) is 26.0 Å². The van der Waals surface area contributed by atoms with E-state index in [1.807, 2.05) is 31.2 Å².